The molecule has 0 aromatic heterocycles. The second kappa shape index (κ2) is 6.08. The molecule has 1 aromatic carbocycles. The maximum absolute atomic E-state index is 12.0. The molecule has 0 saturated carbocycles. The molecular formula is C13H20N4O2. The Balaban J connectivity index is 2.94. The fourth-order valence-electron chi connectivity index (χ4n) is 1.85. The number of nitrogens with one attached hydrogen (secondary N) is 3. The first kappa shape index (κ1) is 14.8. The van der Waals surface area contributed by atoms with Gasteiger partial charge in [0.1, 0.15) is 5.75 Å². The second-order valence-corrected chi connectivity index (χ2v) is 4.27. The second-order valence-electron chi connectivity index (χ2n) is 4.27. The molecule has 2 amide bonds. The van der Waals surface area contributed by atoms with Gasteiger partial charge in [-0.15, -0.1) is 0 Å². The van der Waals surface area contributed by atoms with Crippen LogP contribution in [0.3, 0.4) is 0 Å². The van der Waals surface area contributed by atoms with Crippen LogP contribution in [0.4, 0.5) is 10.5 Å². The summed E-state index contributed by atoms with van der Waals surface area (Å²) in [5, 5.41) is 22.3. The molecule has 0 radical (unpaired) electrons. The van der Waals surface area contributed by atoms with Crippen molar-refractivity contribution < 1.29 is 9.90 Å². The minimum Gasteiger partial charge on any atom is -0.508 e. The quantitative estimate of drug-likeness (QED) is 0.484. The lowest BCUT2D eigenvalue weighted by molar-refractivity contribution is 0.251. The molecule has 4 N–H and O–H groups in total. The van der Waals surface area contributed by atoms with Crippen LogP contribution in [-0.2, 0) is 0 Å². The first-order valence-corrected chi connectivity index (χ1v) is 6.04. The molecule has 6 nitrogen and oxygen atoms in total. The van der Waals surface area contributed by atoms with Crippen LogP contribution in [0.5, 0.6) is 5.75 Å². The van der Waals surface area contributed by atoms with Gasteiger partial charge in [-0.3, -0.25) is 15.6 Å². The molecule has 0 aliphatic rings. The number of amides is 2. The number of guanidine groups is 1. The van der Waals surface area contributed by atoms with Gasteiger partial charge in [0, 0.05) is 19.2 Å². The molecule has 6 heteroatoms. The van der Waals surface area contributed by atoms with E-state index in [0.717, 1.165) is 5.56 Å². The van der Waals surface area contributed by atoms with Gasteiger partial charge in [0.05, 0.1) is 5.69 Å². The highest BCUT2D eigenvalue weighted by Crippen LogP contribution is 2.30. The van der Waals surface area contributed by atoms with Gasteiger partial charge in [-0.2, -0.15) is 0 Å². The van der Waals surface area contributed by atoms with Gasteiger partial charge in [0.15, 0.2) is 5.96 Å². The topological polar surface area (TPSA) is 88.5 Å². The molecule has 1 aromatic rings. The van der Waals surface area contributed by atoms with E-state index in [9.17, 15) is 9.90 Å². The Morgan fingerprint density at radius 3 is 2.63 bits per heavy atom. The third-order valence-corrected chi connectivity index (χ3v) is 2.83. The number of anilines is 1. The van der Waals surface area contributed by atoms with Crippen LogP contribution in [0.2, 0.25) is 0 Å². The molecule has 1 rings (SSSR count). The van der Waals surface area contributed by atoms with E-state index in [1.54, 1.807) is 26.1 Å². The van der Waals surface area contributed by atoms with E-state index >= 15 is 0 Å². The van der Waals surface area contributed by atoms with E-state index in [0.29, 0.717) is 17.8 Å². The van der Waals surface area contributed by atoms with Crippen LogP contribution in [0.1, 0.15) is 18.1 Å². The van der Waals surface area contributed by atoms with Crippen molar-refractivity contribution in [3.8, 4) is 5.75 Å². The number of nitrogens with zero attached hydrogens (tertiary/aromatic N) is 1. The third kappa shape index (κ3) is 3.37. The van der Waals surface area contributed by atoms with Crippen molar-refractivity contribution in [3.63, 3.8) is 0 Å². The van der Waals surface area contributed by atoms with Crippen LogP contribution in [0.25, 0.3) is 0 Å². The third-order valence-electron chi connectivity index (χ3n) is 2.83. The smallest absolute Gasteiger partial charge is 0.328 e. The molecule has 0 spiro atoms. The number of aryl methyl sites for hydroxylation is 1. The molecule has 0 heterocycles. The standard InChI is InChI=1S/C13H20N4O2/c1-5-15-12(14)16-13(19)17(4)11-8(2)6-7-10(18)9(11)3/h6-7,18H,5H2,1-4H3,(H3,14,15,16,19). The largest absolute Gasteiger partial charge is 0.508 e. The SMILES string of the molecule is CCNC(=N)NC(=O)N(C)c1c(C)ccc(O)c1C. The number of carbonyl (C=O) groups excluding carboxylic acids is 1. The average molecular weight is 264 g/mol. The predicted octanol–water partition coefficient (Wildman–Crippen LogP) is 1.70. The Morgan fingerprint density at radius 1 is 1.42 bits per heavy atom. The van der Waals surface area contributed by atoms with Crippen LogP contribution >= 0.6 is 0 Å². The molecular weight excluding hydrogens is 244 g/mol. The normalized spacial score (nSPS) is 9.89. The van der Waals surface area contributed by atoms with Crippen LogP contribution in [-0.4, -0.2) is 30.7 Å². The van der Waals surface area contributed by atoms with Gasteiger partial charge in [0.2, 0.25) is 0 Å². The van der Waals surface area contributed by atoms with Crippen molar-refractivity contribution in [2.45, 2.75) is 20.8 Å². The lowest BCUT2D eigenvalue weighted by Gasteiger charge is -2.23. The molecule has 0 atom stereocenters. The van der Waals surface area contributed by atoms with Gasteiger partial charge in [-0.25, -0.2) is 4.79 Å². The molecule has 0 aliphatic heterocycles. The van der Waals surface area contributed by atoms with Crippen molar-refractivity contribution in [2.75, 3.05) is 18.5 Å². The van der Waals surface area contributed by atoms with Gasteiger partial charge >= 0.3 is 6.03 Å². The fourth-order valence-corrected chi connectivity index (χ4v) is 1.85. The highest BCUT2D eigenvalue weighted by molar-refractivity contribution is 6.03. The summed E-state index contributed by atoms with van der Waals surface area (Å²) in [6, 6.07) is 2.92. The summed E-state index contributed by atoms with van der Waals surface area (Å²) < 4.78 is 0. The first-order valence-electron chi connectivity index (χ1n) is 6.04. The van der Waals surface area contributed by atoms with E-state index in [2.05, 4.69) is 10.6 Å². The summed E-state index contributed by atoms with van der Waals surface area (Å²) in [4.78, 5) is 13.4. The summed E-state index contributed by atoms with van der Waals surface area (Å²) in [5.74, 6) is 0.0943. The number of phenolic OH excluding ortho intramolecular Hbond substituents is 1. The maximum Gasteiger partial charge on any atom is 0.328 e. The van der Waals surface area contributed by atoms with Gasteiger partial charge in [-0.05, 0) is 32.4 Å². The van der Waals surface area contributed by atoms with Gasteiger partial charge in [-0.1, -0.05) is 6.07 Å². The monoisotopic (exact) mass is 264 g/mol. The summed E-state index contributed by atoms with van der Waals surface area (Å²) >= 11 is 0. The fraction of sp³-hybridized carbons (Fsp3) is 0.385. The number of aromatic hydroxyl groups is 1. The molecule has 104 valence electrons. The number of phenols is 1. The van der Waals surface area contributed by atoms with E-state index in [-0.39, 0.29) is 11.7 Å². The van der Waals surface area contributed by atoms with E-state index in [1.165, 1.54) is 4.90 Å². The van der Waals surface area contributed by atoms with E-state index in [1.807, 2.05) is 13.8 Å². The maximum atomic E-state index is 12.0. The van der Waals surface area contributed by atoms with Gasteiger partial charge in [0.25, 0.3) is 0 Å². The molecule has 0 fully saturated rings. The van der Waals surface area contributed by atoms with Crippen molar-refractivity contribution in [3.05, 3.63) is 23.3 Å². The number of rotatable bonds is 2. The number of hydrogen-bond acceptors (Lipinski definition) is 3. The van der Waals surface area contributed by atoms with Crippen molar-refractivity contribution >= 4 is 17.7 Å². The summed E-state index contributed by atoms with van der Waals surface area (Å²) in [6.07, 6.45) is 0. The Kier molecular flexibility index (Phi) is 4.74. The van der Waals surface area contributed by atoms with Crippen molar-refractivity contribution in [2.24, 2.45) is 0 Å². The zero-order valence-corrected chi connectivity index (χ0v) is 11.7. The molecule has 0 unspecified atom stereocenters. The van der Waals surface area contributed by atoms with E-state index < -0.39 is 6.03 Å². The molecule has 0 aliphatic carbocycles. The first-order chi connectivity index (χ1) is 8.88. The Labute approximate surface area is 112 Å². The number of benzene rings is 1. The minimum atomic E-state index is -0.428. The Morgan fingerprint density at radius 2 is 2.05 bits per heavy atom. The Bertz CT molecular complexity index is 500. The predicted molar refractivity (Wildman–Crippen MR) is 75.9 cm³/mol. The van der Waals surface area contributed by atoms with Gasteiger partial charge < -0.3 is 10.4 Å². The average Bonchev–Trinajstić information content (AvgIpc) is 2.34. The summed E-state index contributed by atoms with van der Waals surface area (Å²) in [6.45, 7) is 6.01. The van der Waals surface area contributed by atoms with Crippen LogP contribution in [0, 0.1) is 19.3 Å². The van der Waals surface area contributed by atoms with Crippen molar-refractivity contribution in [1.29, 1.82) is 5.41 Å². The van der Waals surface area contributed by atoms with Crippen LogP contribution < -0.4 is 15.5 Å². The highest BCUT2D eigenvalue weighted by atomic mass is 16.3. The van der Waals surface area contributed by atoms with Crippen molar-refractivity contribution in [1.82, 2.24) is 10.6 Å². The number of urea groups is 1. The van der Waals surface area contributed by atoms with Crippen LogP contribution in [0.15, 0.2) is 12.1 Å². The minimum absolute atomic E-state index is 0.0465. The molecule has 0 saturated heterocycles. The van der Waals surface area contributed by atoms with E-state index in [4.69, 9.17) is 5.41 Å². The Hall–Kier alpha value is -2.24. The number of hydrogen-bond donors (Lipinski definition) is 4. The highest BCUT2D eigenvalue weighted by Gasteiger charge is 2.17. The lowest BCUT2D eigenvalue weighted by atomic mass is 10.1. The molecule has 0 bridgehead atoms. The zero-order valence-electron chi connectivity index (χ0n) is 11.7. The summed E-state index contributed by atoms with van der Waals surface area (Å²) in [5.41, 5.74) is 2.15. The zero-order chi connectivity index (χ0) is 14.6. The lowest BCUT2D eigenvalue weighted by Crippen LogP contribution is -2.46. The summed E-state index contributed by atoms with van der Waals surface area (Å²) in [7, 11) is 1.60. The number of carbonyl (C=O) groups is 1. The molecule has 19 heavy (non-hydrogen) atoms.